The molecule has 1 atom stereocenters. The van der Waals surface area contributed by atoms with Gasteiger partial charge in [-0.1, -0.05) is 33.6 Å². The van der Waals surface area contributed by atoms with Crippen LogP contribution in [0, 0.1) is 0 Å². The van der Waals surface area contributed by atoms with Crippen molar-refractivity contribution in [2.75, 3.05) is 0 Å². The smallest absolute Gasteiger partial charge is 0.164 e. The van der Waals surface area contributed by atoms with E-state index in [9.17, 15) is 0 Å². The topological polar surface area (TPSA) is 30.7 Å². The van der Waals surface area contributed by atoms with Crippen LogP contribution in [0.4, 0.5) is 0 Å². The second-order valence-electron chi connectivity index (χ2n) is 4.40. The monoisotopic (exact) mass is 369 g/mol. The maximum atomic E-state index is 6.25. The van der Waals surface area contributed by atoms with E-state index in [-0.39, 0.29) is 5.38 Å². The number of rotatable bonds is 2. The van der Waals surface area contributed by atoms with Crippen molar-refractivity contribution >= 4 is 50.3 Å². The molecule has 0 radical (unpaired) electrons. The summed E-state index contributed by atoms with van der Waals surface area (Å²) in [7, 11) is 0. The lowest BCUT2D eigenvalue weighted by atomic mass is 10.3. The van der Waals surface area contributed by atoms with Gasteiger partial charge in [-0.25, -0.2) is 9.97 Å². The summed E-state index contributed by atoms with van der Waals surface area (Å²) < 4.78 is 2.94. The summed E-state index contributed by atoms with van der Waals surface area (Å²) in [5.74, 6) is 0.745. The van der Waals surface area contributed by atoms with Crippen LogP contribution >= 0.6 is 39.1 Å². The van der Waals surface area contributed by atoms with Crippen LogP contribution in [0.2, 0.25) is 5.02 Å². The first-order valence-electron chi connectivity index (χ1n) is 6.00. The fourth-order valence-electron chi connectivity index (χ4n) is 2.09. The predicted molar refractivity (Wildman–Crippen MR) is 85.8 cm³/mol. The summed E-state index contributed by atoms with van der Waals surface area (Å²) in [6, 6.07) is 9.72. The van der Waals surface area contributed by atoms with Crippen LogP contribution in [-0.2, 0) is 0 Å². The lowest BCUT2D eigenvalue weighted by Crippen LogP contribution is -2.02. The van der Waals surface area contributed by atoms with E-state index >= 15 is 0 Å². The molecule has 0 saturated heterocycles. The molecule has 0 aliphatic heterocycles. The highest BCUT2D eigenvalue weighted by molar-refractivity contribution is 9.10. The predicted octanol–water partition coefficient (Wildman–Crippen LogP) is 5.14. The summed E-state index contributed by atoms with van der Waals surface area (Å²) in [6.45, 7) is 1.89. The zero-order valence-corrected chi connectivity index (χ0v) is 13.6. The SMILES string of the molecule is CC(Cl)c1nc2cc(Cl)cnc2n1-c1cccc(Br)c1. The first kappa shape index (κ1) is 13.9. The average Bonchev–Trinajstić information content (AvgIpc) is 2.77. The Labute approximate surface area is 134 Å². The quantitative estimate of drug-likeness (QED) is 0.585. The standard InChI is InChI=1S/C14H10BrCl2N3/c1-8(16)13-19-12-6-10(17)7-18-14(12)20(13)11-4-2-3-9(15)5-11/h2-8H,1H3. The number of imidazole rings is 1. The van der Waals surface area contributed by atoms with Gasteiger partial charge in [0.25, 0.3) is 0 Å². The van der Waals surface area contributed by atoms with Gasteiger partial charge in [0, 0.05) is 10.7 Å². The van der Waals surface area contributed by atoms with Gasteiger partial charge in [0.15, 0.2) is 5.65 Å². The molecule has 0 fully saturated rings. The van der Waals surface area contributed by atoms with E-state index < -0.39 is 0 Å². The van der Waals surface area contributed by atoms with E-state index in [1.165, 1.54) is 0 Å². The van der Waals surface area contributed by atoms with Gasteiger partial charge in [0.1, 0.15) is 11.3 Å². The molecule has 0 N–H and O–H groups in total. The average molecular weight is 371 g/mol. The molecule has 102 valence electrons. The lowest BCUT2D eigenvalue weighted by Gasteiger charge is -2.10. The number of nitrogens with zero attached hydrogens (tertiary/aromatic N) is 3. The second kappa shape index (κ2) is 5.35. The molecule has 0 amide bonds. The summed E-state index contributed by atoms with van der Waals surface area (Å²) >= 11 is 15.7. The number of hydrogen-bond acceptors (Lipinski definition) is 2. The largest absolute Gasteiger partial charge is 0.279 e. The zero-order chi connectivity index (χ0) is 14.3. The maximum Gasteiger partial charge on any atom is 0.164 e. The fraction of sp³-hybridized carbons (Fsp3) is 0.143. The van der Waals surface area contributed by atoms with E-state index in [0.29, 0.717) is 5.02 Å². The molecule has 0 saturated carbocycles. The second-order valence-corrected chi connectivity index (χ2v) is 6.40. The third kappa shape index (κ3) is 2.43. The summed E-state index contributed by atoms with van der Waals surface area (Å²) in [6.07, 6.45) is 1.61. The van der Waals surface area contributed by atoms with Crippen LogP contribution in [0.5, 0.6) is 0 Å². The molecule has 3 nitrogen and oxygen atoms in total. The van der Waals surface area contributed by atoms with E-state index in [1.807, 2.05) is 35.8 Å². The molecule has 1 unspecified atom stereocenters. The Balaban J connectivity index is 2.34. The van der Waals surface area contributed by atoms with Crippen LogP contribution < -0.4 is 0 Å². The minimum atomic E-state index is -0.234. The van der Waals surface area contributed by atoms with Crippen molar-refractivity contribution < 1.29 is 0 Å². The number of benzene rings is 1. The molecule has 0 spiro atoms. The summed E-state index contributed by atoms with van der Waals surface area (Å²) in [5.41, 5.74) is 2.44. The molecule has 3 rings (SSSR count). The Morgan fingerprint density at radius 2 is 2.10 bits per heavy atom. The first-order chi connectivity index (χ1) is 9.56. The number of hydrogen-bond donors (Lipinski definition) is 0. The van der Waals surface area contributed by atoms with Crippen molar-refractivity contribution in [3.63, 3.8) is 0 Å². The van der Waals surface area contributed by atoms with Crippen molar-refractivity contribution in [3.8, 4) is 5.69 Å². The molecule has 6 heteroatoms. The molecule has 0 bridgehead atoms. The Morgan fingerprint density at radius 1 is 1.30 bits per heavy atom. The third-order valence-electron chi connectivity index (χ3n) is 2.91. The molecule has 2 heterocycles. The van der Waals surface area contributed by atoms with Gasteiger partial charge < -0.3 is 0 Å². The van der Waals surface area contributed by atoms with E-state index in [1.54, 1.807) is 12.3 Å². The highest BCUT2D eigenvalue weighted by atomic mass is 79.9. The molecule has 2 aromatic heterocycles. The molecule has 0 aliphatic rings. The molecule has 3 aromatic rings. The highest BCUT2D eigenvalue weighted by Crippen LogP contribution is 2.29. The number of pyridine rings is 1. The van der Waals surface area contributed by atoms with Crippen LogP contribution in [-0.4, -0.2) is 14.5 Å². The molecular formula is C14H10BrCl2N3. The van der Waals surface area contributed by atoms with E-state index in [4.69, 9.17) is 23.2 Å². The zero-order valence-electron chi connectivity index (χ0n) is 10.5. The van der Waals surface area contributed by atoms with Crippen molar-refractivity contribution in [2.45, 2.75) is 12.3 Å². The van der Waals surface area contributed by atoms with Gasteiger partial charge in [-0.05, 0) is 31.2 Å². The minimum Gasteiger partial charge on any atom is -0.279 e. The molecule has 1 aromatic carbocycles. The van der Waals surface area contributed by atoms with Gasteiger partial charge in [-0.3, -0.25) is 4.57 Å². The Morgan fingerprint density at radius 3 is 2.80 bits per heavy atom. The number of halogens is 3. The molecule has 0 aliphatic carbocycles. The highest BCUT2D eigenvalue weighted by Gasteiger charge is 2.17. The normalized spacial score (nSPS) is 12.8. The van der Waals surface area contributed by atoms with Crippen molar-refractivity contribution in [3.05, 3.63) is 51.8 Å². The van der Waals surface area contributed by atoms with Crippen LogP contribution in [0.1, 0.15) is 18.1 Å². The number of aromatic nitrogens is 3. The number of fused-ring (bicyclic) bond motifs is 1. The van der Waals surface area contributed by atoms with E-state index in [2.05, 4.69) is 25.9 Å². The first-order valence-corrected chi connectivity index (χ1v) is 7.61. The van der Waals surface area contributed by atoms with Gasteiger partial charge >= 0.3 is 0 Å². The lowest BCUT2D eigenvalue weighted by molar-refractivity contribution is 0.876. The summed E-state index contributed by atoms with van der Waals surface area (Å²) in [5, 5.41) is 0.326. The van der Waals surface area contributed by atoms with Gasteiger partial charge in [-0.15, -0.1) is 11.6 Å². The maximum absolute atomic E-state index is 6.25. The Bertz CT molecular complexity index is 783. The van der Waals surface area contributed by atoms with E-state index in [0.717, 1.165) is 27.1 Å². The third-order valence-corrected chi connectivity index (χ3v) is 3.81. The van der Waals surface area contributed by atoms with Gasteiger partial charge in [-0.2, -0.15) is 0 Å². The van der Waals surface area contributed by atoms with Crippen LogP contribution in [0.25, 0.3) is 16.9 Å². The van der Waals surface area contributed by atoms with Gasteiger partial charge in [0.2, 0.25) is 0 Å². The van der Waals surface area contributed by atoms with Crippen molar-refractivity contribution in [1.82, 2.24) is 14.5 Å². The number of alkyl halides is 1. The molecule has 20 heavy (non-hydrogen) atoms. The van der Waals surface area contributed by atoms with Crippen molar-refractivity contribution in [1.29, 1.82) is 0 Å². The Hall–Kier alpha value is -1.10. The van der Waals surface area contributed by atoms with Crippen LogP contribution in [0.3, 0.4) is 0 Å². The van der Waals surface area contributed by atoms with Crippen molar-refractivity contribution in [2.24, 2.45) is 0 Å². The van der Waals surface area contributed by atoms with Crippen LogP contribution in [0.15, 0.2) is 41.0 Å². The Kier molecular flexibility index (Phi) is 3.71. The van der Waals surface area contributed by atoms with Gasteiger partial charge in [0.05, 0.1) is 16.1 Å². The summed E-state index contributed by atoms with van der Waals surface area (Å²) in [4.78, 5) is 8.93. The minimum absolute atomic E-state index is 0.234. The molecular weight excluding hydrogens is 361 g/mol. The fourth-order valence-corrected chi connectivity index (χ4v) is 2.78.